The van der Waals surface area contributed by atoms with Crippen LogP contribution in [0.25, 0.3) is 0 Å². The van der Waals surface area contributed by atoms with E-state index in [2.05, 4.69) is 15.6 Å². The monoisotopic (exact) mass is 358 g/mol. The van der Waals surface area contributed by atoms with Crippen molar-refractivity contribution in [2.24, 2.45) is 0 Å². The van der Waals surface area contributed by atoms with Gasteiger partial charge in [-0.2, -0.15) is 0 Å². The summed E-state index contributed by atoms with van der Waals surface area (Å²) < 4.78 is 1.99. The molecule has 0 bridgehead atoms. The van der Waals surface area contributed by atoms with Crippen molar-refractivity contribution in [1.29, 1.82) is 0 Å². The van der Waals surface area contributed by atoms with Gasteiger partial charge in [-0.3, -0.25) is 9.59 Å². The Labute approximate surface area is 155 Å². The first-order chi connectivity index (χ1) is 12.7. The van der Waals surface area contributed by atoms with E-state index < -0.39 is 0 Å². The fourth-order valence-corrected chi connectivity index (χ4v) is 4.72. The van der Waals surface area contributed by atoms with Gasteiger partial charge in [0, 0.05) is 18.6 Å². The van der Waals surface area contributed by atoms with E-state index in [0.29, 0.717) is 11.5 Å². The average Bonchev–Trinajstić information content (AvgIpc) is 3.30. The molecule has 1 aromatic rings. The van der Waals surface area contributed by atoms with E-state index >= 15 is 0 Å². The van der Waals surface area contributed by atoms with Gasteiger partial charge in [-0.25, -0.2) is 4.98 Å². The molecule has 1 aromatic heterocycles. The van der Waals surface area contributed by atoms with Crippen molar-refractivity contribution in [2.75, 3.05) is 0 Å². The molecule has 2 saturated carbocycles. The molecule has 2 heterocycles. The first-order valence-corrected chi connectivity index (χ1v) is 10.4. The molecule has 6 nitrogen and oxygen atoms in total. The van der Waals surface area contributed by atoms with Crippen LogP contribution in [-0.2, 0) is 13.0 Å². The van der Waals surface area contributed by atoms with Gasteiger partial charge in [0.05, 0.1) is 5.69 Å². The molecule has 3 aliphatic rings. The Morgan fingerprint density at radius 1 is 0.808 bits per heavy atom. The average molecular weight is 358 g/mol. The Morgan fingerprint density at radius 3 is 2.12 bits per heavy atom. The molecule has 0 spiro atoms. The van der Waals surface area contributed by atoms with E-state index in [9.17, 15) is 9.59 Å². The molecule has 2 aliphatic carbocycles. The van der Waals surface area contributed by atoms with Gasteiger partial charge in [0.1, 0.15) is 5.69 Å². The highest BCUT2D eigenvalue weighted by Gasteiger charge is 2.29. The summed E-state index contributed by atoms with van der Waals surface area (Å²) in [7, 11) is 0. The van der Waals surface area contributed by atoms with Crippen LogP contribution in [0.15, 0.2) is 0 Å². The van der Waals surface area contributed by atoms with Gasteiger partial charge in [0.25, 0.3) is 11.8 Å². The molecular formula is C20H30N4O2. The third-order valence-electron chi connectivity index (χ3n) is 6.17. The Kier molecular flexibility index (Phi) is 5.27. The molecular weight excluding hydrogens is 328 g/mol. The lowest BCUT2D eigenvalue weighted by Crippen LogP contribution is -2.37. The van der Waals surface area contributed by atoms with E-state index in [0.717, 1.165) is 57.2 Å². The number of hydrogen-bond donors (Lipinski definition) is 2. The molecule has 4 rings (SSSR count). The second-order valence-electron chi connectivity index (χ2n) is 8.10. The highest BCUT2D eigenvalue weighted by atomic mass is 16.2. The zero-order valence-corrected chi connectivity index (χ0v) is 15.6. The molecule has 2 fully saturated rings. The van der Waals surface area contributed by atoms with Crippen molar-refractivity contribution < 1.29 is 9.59 Å². The molecule has 142 valence electrons. The minimum absolute atomic E-state index is 0.0949. The number of hydrogen-bond acceptors (Lipinski definition) is 3. The van der Waals surface area contributed by atoms with Crippen molar-refractivity contribution >= 4 is 11.8 Å². The Hall–Kier alpha value is -1.85. The lowest BCUT2D eigenvalue weighted by molar-refractivity contribution is 0.0920. The zero-order chi connectivity index (χ0) is 17.9. The van der Waals surface area contributed by atoms with Crippen LogP contribution in [0.3, 0.4) is 0 Å². The van der Waals surface area contributed by atoms with Gasteiger partial charge in [0.15, 0.2) is 5.82 Å². The SMILES string of the molecule is O=C(NC1CCCCC1)c1nc(C(=O)NC2CCCC2)n2c1CCCC2. The third-order valence-corrected chi connectivity index (χ3v) is 6.17. The largest absolute Gasteiger partial charge is 0.348 e. The quantitative estimate of drug-likeness (QED) is 0.869. The van der Waals surface area contributed by atoms with E-state index in [4.69, 9.17) is 0 Å². The molecule has 6 heteroatoms. The van der Waals surface area contributed by atoms with Crippen LogP contribution < -0.4 is 10.6 Å². The smallest absolute Gasteiger partial charge is 0.287 e. The molecule has 0 saturated heterocycles. The van der Waals surface area contributed by atoms with Crippen LogP contribution in [0, 0.1) is 0 Å². The Bertz CT molecular complexity index is 670. The Balaban J connectivity index is 1.53. The first kappa shape index (κ1) is 17.6. The van der Waals surface area contributed by atoms with Crippen LogP contribution in [0.4, 0.5) is 0 Å². The predicted molar refractivity (Wildman–Crippen MR) is 99.2 cm³/mol. The summed E-state index contributed by atoms with van der Waals surface area (Å²) in [6.45, 7) is 0.784. The molecule has 0 unspecified atom stereocenters. The normalized spacial score (nSPS) is 21.4. The molecule has 2 N–H and O–H groups in total. The summed E-state index contributed by atoms with van der Waals surface area (Å²) >= 11 is 0. The first-order valence-electron chi connectivity index (χ1n) is 10.4. The summed E-state index contributed by atoms with van der Waals surface area (Å²) in [4.78, 5) is 30.2. The van der Waals surface area contributed by atoms with E-state index in [1.54, 1.807) is 0 Å². The number of nitrogens with zero attached hydrogens (tertiary/aromatic N) is 2. The van der Waals surface area contributed by atoms with Gasteiger partial charge in [-0.15, -0.1) is 0 Å². The molecule has 0 atom stereocenters. The van der Waals surface area contributed by atoms with Crippen LogP contribution in [0.5, 0.6) is 0 Å². The number of carbonyl (C=O) groups is 2. The van der Waals surface area contributed by atoms with Crippen LogP contribution in [0.2, 0.25) is 0 Å². The second kappa shape index (κ2) is 7.80. The lowest BCUT2D eigenvalue weighted by Gasteiger charge is -2.23. The summed E-state index contributed by atoms with van der Waals surface area (Å²) in [5.74, 6) is 0.222. The van der Waals surface area contributed by atoms with Crippen molar-refractivity contribution in [2.45, 2.75) is 95.7 Å². The van der Waals surface area contributed by atoms with Crippen molar-refractivity contribution in [3.05, 3.63) is 17.2 Å². The molecule has 0 radical (unpaired) electrons. The number of rotatable bonds is 4. The predicted octanol–water partition coefficient (Wildman–Crippen LogP) is 2.95. The minimum atomic E-state index is -0.114. The van der Waals surface area contributed by atoms with Gasteiger partial charge in [0.2, 0.25) is 0 Å². The highest BCUT2D eigenvalue weighted by Crippen LogP contribution is 2.24. The number of imidazole rings is 1. The molecule has 1 aliphatic heterocycles. The molecule has 0 aromatic carbocycles. The van der Waals surface area contributed by atoms with Crippen molar-refractivity contribution in [3.63, 3.8) is 0 Å². The Morgan fingerprint density at radius 2 is 1.42 bits per heavy atom. The second-order valence-corrected chi connectivity index (χ2v) is 8.10. The maximum Gasteiger partial charge on any atom is 0.287 e. The standard InChI is InChI=1S/C20H30N4O2/c25-19(21-14-8-2-1-3-9-14)17-16-12-6-7-13-24(16)18(23-17)20(26)22-15-10-4-5-11-15/h14-15H,1-13H2,(H,21,25)(H,22,26). The number of fused-ring (bicyclic) bond motifs is 1. The number of amides is 2. The summed E-state index contributed by atoms with van der Waals surface area (Å²) in [5.41, 5.74) is 1.42. The van der Waals surface area contributed by atoms with Gasteiger partial charge >= 0.3 is 0 Å². The fourth-order valence-electron chi connectivity index (χ4n) is 4.72. The zero-order valence-electron chi connectivity index (χ0n) is 15.6. The van der Waals surface area contributed by atoms with E-state index in [-0.39, 0.29) is 23.9 Å². The molecule has 2 amide bonds. The maximum absolute atomic E-state index is 12.8. The topological polar surface area (TPSA) is 76.0 Å². The third kappa shape index (κ3) is 3.64. The highest BCUT2D eigenvalue weighted by molar-refractivity contribution is 5.97. The van der Waals surface area contributed by atoms with Gasteiger partial charge < -0.3 is 15.2 Å². The van der Waals surface area contributed by atoms with E-state index in [1.807, 2.05) is 4.57 Å². The van der Waals surface area contributed by atoms with Crippen molar-refractivity contribution in [3.8, 4) is 0 Å². The lowest BCUT2D eigenvalue weighted by atomic mass is 9.95. The summed E-state index contributed by atoms with van der Waals surface area (Å²) in [6.07, 6.45) is 13.1. The maximum atomic E-state index is 12.8. The number of aromatic nitrogens is 2. The fraction of sp³-hybridized carbons (Fsp3) is 0.750. The van der Waals surface area contributed by atoms with Gasteiger partial charge in [-0.05, 0) is 44.9 Å². The van der Waals surface area contributed by atoms with Crippen LogP contribution in [-0.4, -0.2) is 33.4 Å². The van der Waals surface area contributed by atoms with Crippen molar-refractivity contribution in [1.82, 2.24) is 20.2 Å². The number of carbonyl (C=O) groups excluding carboxylic acids is 2. The van der Waals surface area contributed by atoms with Crippen LogP contribution >= 0.6 is 0 Å². The summed E-state index contributed by atoms with van der Waals surface area (Å²) in [6, 6.07) is 0.520. The van der Waals surface area contributed by atoms with Gasteiger partial charge in [-0.1, -0.05) is 32.1 Å². The molecule has 26 heavy (non-hydrogen) atoms. The number of nitrogens with one attached hydrogen (secondary N) is 2. The minimum Gasteiger partial charge on any atom is -0.348 e. The van der Waals surface area contributed by atoms with Crippen LogP contribution in [0.1, 0.15) is 97.4 Å². The summed E-state index contributed by atoms with van der Waals surface area (Å²) in [5, 5.41) is 6.29. The van der Waals surface area contributed by atoms with E-state index in [1.165, 1.54) is 32.1 Å².